The summed E-state index contributed by atoms with van der Waals surface area (Å²) in [6.45, 7) is 2.52. The summed E-state index contributed by atoms with van der Waals surface area (Å²) in [4.78, 5) is 11.7. The fourth-order valence-electron chi connectivity index (χ4n) is 2.52. The van der Waals surface area contributed by atoms with Gasteiger partial charge < -0.3 is 9.15 Å². The average Bonchev–Trinajstić information content (AvgIpc) is 2.54. The van der Waals surface area contributed by atoms with Gasteiger partial charge in [-0.15, -0.1) is 0 Å². The molecular formula is C19H17ClO3. The maximum absolute atomic E-state index is 11.7. The van der Waals surface area contributed by atoms with E-state index >= 15 is 0 Å². The lowest BCUT2D eigenvalue weighted by molar-refractivity contribution is 0.306. The molecule has 118 valence electrons. The molecule has 4 heteroatoms. The fourth-order valence-corrected chi connectivity index (χ4v) is 2.65. The van der Waals surface area contributed by atoms with Crippen molar-refractivity contribution < 1.29 is 9.15 Å². The van der Waals surface area contributed by atoms with E-state index in [0.717, 1.165) is 29.4 Å². The third-order valence-corrected chi connectivity index (χ3v) is 3.89. The number of fused-ring (bicyclic) bond motifs is 1. The molecule has 1 heterocycles. The van der Waals surface area contributed by atoms with Crippen LogP contribution in [-0.2, 0) is 13.0 Å². The molecule has 3 nitrogen and oxygen atoms in total. The molecule has 0 bridgehead atoms. The van der Waals surface area contributed by atoms with Crippen molar-refractivity contribution in [1.82, 2.24) is 0 Å². The quantitative estimate of drug-likeness (QED) is 0.620. The molecule has 0 amide bonds. The monoisotopic (exact) mass is 328 g/mol. The molecule has 1 aromatic heterocycles. The molecule has 3 rings (SSSR count). The summed E-state index contributed by atoms with van der Waals surface area (Å²) in [6, 6.07) is 14.7. The lowest BCUT2D eigenvalue weighted by Gasteiger charge is -2.09. The molecule has 0 saturated carbocycles. The zero-order valence-corrected chi connectivity index (χ0v) is 13.6. The first-order chi connectivity index (χ1) is 11.2. The van der Waals surface area contributed by atoms with Gasteiger partial charge in [0, 0.05) is 22.5 Å². The molecule has 0 saturated heterocycles. The molecule has 0 aliphatic carbocycles. The molecule has 0 aliphatic heterocycles. The second kappa shape index (κ2) is 6.88. The average molecular weight is 329 g/mol. The van der Waals surface area contributed by atoms with Crippen molar-refractivity contribution in [2.45, 2.75) is 26.4 Å². The van der Waals surface area contributed by atoms with Crippen LogP contribution in [0.1, 0.15) is 24.5 Å². The smallest absolute Gasteiger partial charge is 0.336 e. The maximum Gasteiger partial charge on any atom is 0.336 e. The first-order valence-electron chi connectivity index (χ1n) is 7.60. The van der Waals surface area contributed by atoms with E-state index in [0.29, 0.717) is 23.0 Å². The van der Waals surface area contributed by atoms with Crippen molar-refractivity contribution in [3.63, 3.8) is 0 Å². The van der Waals surface area contributed by atoms with Crippen molar-refractivity contribution in [2.24, 2.45) is 0 Å². The highest BCUT2D eigenvalue weighted by molar-refractivity contribution is 6.30. The zero-order valence-electron chi connectivity index (χ0n) is 12.8. The van der Waals surface area contributed by atoms with E-state index in [2.05, 4.69) is 6.92 Å². The number of halogens is 1. The molecule has 23 heavy (non-hydrogen) atoms. The van der Waals surface area contributed by atoms with Gasteiger partial charge in [0.05, 0.1) is 0 Å². The Bertz CT molecular complexity index is 866. The lowest BCUT2D eigenvalue weighted by Crippen LogP contribution is -2.01. The Morgan fingerprint density at radius 2 is 1.87 bits per heavy atom. The van der Waals surface area contributed by atoms with Crippen molar-refractivity contribution >= 4 is 22.6 Å². The number of benzene rings is 2. The van der Waals surface area contributed by atoms with Crippen molar-refractivity contribution in [2.75, 3.05) is 0 Å². The van der Waals surface area contributed by atoms with Gasteiger partial charge in [0.2, 0.25) is 0 Å². The molecular weight excluding hydrogens is 312 g/mol. The molecule has 3 aromatic rings. The number of hydrogen-bond acceptors (Lipinski definition) is 3. The van der Waals surface area contributed by atoms with Crippen LogP contribution in [0.2, 0.25) is 5.02 Å². The van der Waals surface area contributed by atoms with Gasteiger partial charge in [-0.25, -0.2) is 4.79 Å². The first kappa shape index (κ1) is 15.6. The number of ether oxygens (including phenoxy) is 1. The Hall–Kier alpha value is -2.26. The summed E-state index contributed by atoms with van der Waals surface area (Å²) in [5, 5.41) is 1.66. The summed E-state index contributed by atoms with van der Waals surface area (Å²) in [5.74, 6) is 0.671. The van der Waals surface area contributed by atoms with Gasteiger partial charge in [-0.3, -0.25) is 0 Å². The van der Waals surface area contributed by atoms with Crippen molar-refractivity contribution in [1.29, 1.82) is 0 Å². The van der Waals surface area contributed by atoms with E-state index in [1.54, 1.807) is 12.1 Å². The highest BCUT2D eigenvalue weighted by Gasteiger charge is 2.07. The molecule has 0 radical (unpaired) electrons. The lowest BCUT2D eigenvalue weighted by atomic mass is 10.1. The highest BCUT2D eigenvalue weighted by atomic mass is 35.5. The third-order valence-electron chi connectivity index (χ3n) is 3.64. The third kappa shape index (κ3) is 3.74. The van der Waals surface area contributed by atoms with Crippen LogP contribution < -0.4 is 10.4 Å². The molecule has 0 fully saturated rings. The maximum atomic E-state index is 11.7. The van der Waals surface area contributed by atoms with Crippen LogP contribution in [-0.4, -0.2) is 0 Å². The van der Waals surface area contributed by atoms with Crippen LogP contribution in [0.3, 0.4) is 0 Å². The van der Waals surface area contributed by atoms with E-state index in [1.165, 1.54) is 0 Å². The van der Waals surface area contributed by atoms with Crippen molar-refractivity contribution in [3.8, 4) is 5.75 Å². The SMILES string of the molecule is CCCc1cc(=O)oc2cc(OCc3ccc(Cl)cc3)ccc12. The molecule has 0 aliphatic rings. The van der Waals surface area contributed by atoms with Gasteiger partial charge in [0.15, 0.2) is 0 Å². The van der Waals surface area contributed by atoms with E-state index in [9.17, 15) is 4.79 Å². The van der Waals surface area contributed by atoms with E-state index in [4.69, 9.17) is 20.8 Å². The predicted octanol–water partition coefficient (Wildman–Crippen LogP) is 4.98. The second-order valence-electron chi connectivity index (χ2n) is 5.41. The summed E-state index contributed by atoms with van der Waals surface area (Å²) in [5.41, 5.74) is 2.28. The number of rotatable bonds is 5. The Kier molecular flexibility index (Phi) is 4.68. The zero-order chi connectivity index (χ0) is 16.2. The van der Waals surface area contributed by atoms with Gasteiger partial charge >= 0.3 is 5.63 Å². The van der Waals surface area contributed by atoms with E-state index in [-0.39, 0.29) is 5.63 Å². The topological polar surface area (TPSA) is 39.4 Å². The Balaban J connectivity index is 1.85. The minimum absolute atomic E-state index is 0.323. The predicted molar refractivity (Wildman–Crippen MR) is 92.3 cm³/mol. The largest absolute Gasteiger partial charge is 0.489 e. The van der Waals surface area contributed by atoms with Crippen LogP contribution in [0.25, 0.3) is 11.0 Å². The normalized spacial score (nSPS) is 10.9. The Morgan fingerprint density at radius 3 is 2.61 bits per heavy atom. The van der Waals surface area contributed by atoms with Gasteiger partial charge in [0.1, 0.15) is 17.9 Å². The Labute approximate surface area is 139 Å². The number of hydrogen-bond donors (Lipinski definition) is 0. The summed E-state index contributed by atoms with van der Waals surface area (Å²) >= 11 is 5.87. The summed E-state index contributed by atoms with van der Waals surface area (Å²) in [7, 11) is 0. The molecule has 0 unspecified atom stereocenters. The van der Waals surface area contributed by atoms with E-state index in [1.807, 2.05) is 36.4 Å². The van der Waals surface area contributed by atoms with Gasteiger partial charge in [-0.2, -0.15) is 0 Å². The minimum Gasteiger partial charge on any atom is -0.489 e. The minimum atomic E-state index is -0.323. The van der Waals surface area contributed by atoms with Crippen LogP contribution >= 0.6 is 11.6 Å². The van der Waals surface area contributed by atoms with Crippen molar-refractivity contribution in [3.05, 3.63) is 75.1 Å². The summed E-state index contributed by atoms with van der Waals surface area (Å²) in [6.07, 6.45) is 1.83. The number of aryl methyl sites for hydroxylation is 1. The molecule has 0 atom stereocenters. The highest BCUT2D eigenvalue weighted by Crippen LogP contribution is 2.24. The van der Waals surface area contributed by atoms with Gasteiger partial charge in [0.25, 0.3) is 0 Å². The molecule has 0 N–H and O–H groups in total. The second-order valence-corrected chi connectivity index (χ2v) is 5.85. The molecule has 2 aromatic carbocycles. The fraction of sp³-hybridized carbons (Fsp3) is 0.211. The van der Waals surface area contributed by atoms with Crippen LogP contribution in [0.4, 0.5) is 0 Å². The van der Waals surface area contributed by atoms with E-state index < -0.39 is 0 Å². The van der Waals surface area contributed by atoms with Crippen LogP contribution in [0.15, 0.2) is 57.7 Å². The molecule has 0 spiro atoms. The first-order valence-corrected chi connectivity index (χ1v) is 7.97. The van der Waals surface area contributed by atoms with Gasteiger partial charge in [-0.05, 0) is 41.8 Å². The van der Waals surface area contributed by atoms with Crippen LogP contribution in [0, 0.1) is 0 Å². The van der Waals surface area contributed by atoms with Gasteiger partial charge in [-0.1, -0.05) is 37.1 Å². The Morgan fingerprint density at radius 1 is 1.09 bits per heavy atom. The van der Waals surface area contributed by atoms with Crippen LogP contribution in [0.5, 0.6) is 5.75 Å². The standard InChI is InChI=1S/C19H17ClO3/c1-2-3-14-10-19(21)23-18-11-16(8-9-17(14)18)22-12-13-4-6-15(20)7-5-13/h4-11H,2-3,12H2,1H3. The summed E-state index contributed by atoms with van der Waals surface area (Å²) < 4.78 is 11.1.